The summed E-state index contributed by atoms with van der Waals surface area (Å²) in [4.78, 5) is 5.87. The second-order valence-electron chi connectivity index (χ2n) is 7.36. The van der Waals surface area contributed by atoms with E-state index in [0.717, 1.165) is 31.2 Å². The van der Waals surface area contributed by atoms with Gasteiger partial charge in [0.05, 0.1) is 28.2 Å². The molecule has 0 spiro atoms. The lowest BCUT2D eigenvalue weighted by Crippen LogP contribution is -2.09. The van der Waals surface area contributed by atoms with Crippen molar-refractivity contribution in [2.24, 2.45) is 7.05 Å². The van der Waals surface area contributed by atoms with Gasteiger partial charge in [-0.2, -0.15) is 21.6 Å². The summed E-state index contributed by atoms with van der Waals surface area (Å²) in [6.07, 6.45) is 0. The summed E-state index contributed by atoms with van der Waals surface area (Å²) in [6, 6.07) is 14.8. The van der Waals surface area contributed by atoms with Crippen LogP contribution < -0.4 is 5.32 Å². The van der Waals surface area contributed by atoms with E-state index < -0.39 is 20.2 Å². The second kappa shape index (κ2) is 11.5. The Hall–Kier alpha value is -3.50. The van der Waals surface area contributed by atoms with Crippen molar-refractivity contribution in [3.63, 3.8) is 0 Å². The highest BCUT2D eigenvalue weighted by Gasteiger charge is 2.23. The van der Waals surface area contributed by atoms with Gasteiger partial charge in [-0.1, -0.05) is 36.4 Å². The molecule has 0 bridgehead atoms. The highest BCUT2D eigenvalue weighted by Crippen LogP contribution is 2.22. The molecule has 0 atom stereocenters. The molecule has 2 aromatic heterocycles. The topological polar surface area (TPSA) is 182 Å². The van der Waals surface area contributed by atoms with Gasteiger partial charge in [-0.15, -0.1) is 10.2 Å². The molecular weight excluding hydrogens is 510 g/mol. The number of fused-ring (bicyclic) bond motifs is 1. The molecule has 0 aliphatic carbocycles. The standard InChI is InChI=1S/C9H13N7.2C6H6O3S/c1-3-16-7-5-10-4-6(7)11-9(16)8-12-14-15(2)13-8;2*7-10(8,9)6-4-2-1-3-5-6/h10H,3-5H2,1-2H3;2*1-5H,(H,7,8,9). The third-order valence-electron chi connectivity index (χ3n) is 4.85. The van der Waals surface area contributed by atoms with Crippen LogP contribution in [-0.4, -0.2) is 55.7 Å². The van der Waals surface area contributed by atoms with Gasteiger partial charge in [0.25, 0.3) is 20.2 Å². The first kappa shape index (κ1) is 27.1. The number of tetrazole rings is 1. The lowest BCUT2D eigenvalue weighted by atomic mass is 10.4. The van der Waals surface area contributed by atoms with E-state index in [4.69, 9.17) is 9.11 Å². The van der Waals surface area contributed by atoms with E-state index in [2.05, 4.69) is 37.2 Å². The molecule has 0 saturated carbocycles. The minimum absolute atomic E-state index is 0.0741. The first-order chi connectivity index (χ1) is 17.0. The fourth-order valence-corrected chi connectivity index (χ4v) is 4.25. The fraction of sp³-hybridized carbons (Fsp3) is 0.238. The molecule has 0 amide bonds. The molecule has 1 aliphatic rings. The predicted molar refractivity (Wildman–Crippen MR) is 129 cm³/mol. The Morgan fingerprint density at radius 1 is 0.889 bits per heavy atom. The Bertz CT molecular complexity index is 1440. The van der Waals surface area contributed by atoms with E-state index in [1.807, 2.05) is 0 Å². The van der Waals surface area contributed by atoms with Gasteiger partial charge in [0.1, 0.15) is 0 Å². The molecule has 15 heteroatoms. The Balaban J connectivity index is 0.000000159. The van der Waals surface area contributed by atoms with Crippen molar-refractivity contribution in [3.05, 3.63) is 72.1 Å². The van der Waals surface area contributed by atoms with Gasteiger partial charge >= 0.3 is 0 Å². The molecule has 13 nitrogen and oxygen atoms in total. The molecule has 0 fully saturated rings. The smallest absolute Gasteiger partial charge is 0.294 e. The molecule has 0 saturated heterocycles. The molecule has 5 rings (SSSR count). The van der Waals surface area contributed by atoms with Crippen LogP contribution in [-0.2, 0) is 46.9 Å². The number of nitrogens with one attached hydrogen (secondary N) is 1. The van der Waals surface area contributed by atoms with Crippen LogP contribution in [0.25, 0.3) is 11.6 Å². The highest BCUT2D eigenvalue weighted by molar-refractivity contribution is 7.86. The minimum atomic E-state index is -4.00. The van der Waals surface area contributed by atoms with Gasteiger partial charge in [0, 0.05) is 19.6 Å². The number of benzene rings is 2. The molecule has 3 N–H and O–H groups in total. The molecule has 0 radical (unpaired) electrons. The van der Waals surface area contributed by atoms with Gasteiger partial charge in [0.15, 0.2) is 5.82 Å². The van der Waals surface area contributed by atoms with Crippen molar-refractivity contribution in [3.8, 4) is 11.6 Å². The summed E-state index contributed by atoms with van der Waals surface area (Å²) in [6.45, 7) is 4.67. The molecule has 4 aromatic rings. The largest absolute Gasteiger partial charge is 0.324 e. The van der Waals surface area contributed by atoms with Gasteiger partial charge in [-0.25, -0.2) is 4.98 Å². The van der Waals surface area contributed by atoms with E-state index in [9.17, 15) is 16.8 Å². The minimum Gasteiger partial charge on any atom is -0.324 e. The third kappa shape index (κ3) is 7.02. The summed E-state index contributed by atoms with van der Waals surface area (Å²) >= 11 is 0. The second-order valence-corrected chi connectivity index (χ2v) is 10.2. The number of rotatable bonds is 4. The van der Waals surface area contributed by atoms with Crippen molar-refractivity contribution in [1.82, 2.24) is 35.1 Å². The van der Waals surface area contributed by atoms with Crippen LogP contribution in [0.5, 0.6) is 0 Å². The summed E-state index contributed by atoms with van der Waals surface area (Å²) in [5, 5.41) is 15.3. The number of nitrogens with zero attached hydrogens (tertiary/aromatic N) is 6. The van der Waals surface area contributed by atoms with Crippen LogP contribution in [0.1, 0.15) is 18.3 Å². The Morgan fingerprint density at radius 3 is 1.81 bits per heavy atom. The average Bonchev–Trinajstić information content (AvgIpc) is 3.56. The van der Waals surface area contributed by atoms with Crippen LogP contribution in [0.15, 0.2) is 70.5 Å². The van der Waals surface area contributed by atoms with Crippen molar-refractivity contribution in [2.45, 2.75) is 36.3 Å². The normalized spacial score (nSPS) is 12.7. The van der Waals surface area contributed by atoms with Crippen LogP contribution in [0.2, 0.25) is 0 Å². The number of hydrogen-bond acceptors (Lipinski definition) is 9. The summed E-state index contributed by atoms with van der Waals surface area (Å²) in [5.41, 5.74) is 2.34. The zero-order valence-electron chi connectivity index (χ0n) is 19.4. The summed E-state index contributed by atoms with van der Waals surface area (Å²) in [5.74, 6) is 1.42. The van der Waals surface area contributed by atoms with Crippen molar-refractivity contribution < 1.29 is 25.9 Å². The van der Waals surface area contributed by atoms with E-state index in [-0.39, 0.29) is 9.79 Å². The van der Waals surface area contributed by atoms with E-state index >= 15 is 0 Å². The predicted octanol–water partition coefficient (Wildman–Crippen LogP) is 1.56. The summed E-state index contributed by atoms with van der Waals surface area (Å²) in [7, 11) is -6.25. The first-order valence-electron chi connectivity index (χ1n) is 10.6. The zero-order chi connectivity index (χ0) is 26.3. The Morgan fingerprint density at radius 2 is 1.42 bits per heavy atom. The molecule has 192 valence electrons. The van der Waals surface area contributed by atoms with Crippen molar-refractivity contribution in [1.29, 1.82) is 0 Å². The monoisotopic (exact) mass is 535 g/mol. The van der Waals surface area contributed by atoms with Gasteiger partial charge in [-0.05, 0) is 36.4 Å². The Labute approximate surface area is 208 Å². The molecule has 3 heterocycles. The SMILES string of the molecule is CCn1c(-c2nnn(C)n2)nc2c1CNC2.O=S(=O)(O)c1ccccc1.O=S(=O)(O)c1ccccc1. The number of aryl methyl sites for hydroxylation is 1. The number of aromatic nitrogens is 6. The zero-order valence-corrected chi connectivity index (χ0v) is 21.1. The summed E-state index contributed by atoms with van der Waals surface area (Å²) < 4.78 is 60.6. The first-order valence-corrected chi connectivity index (χ1v) is 13.5. The van der Waals surface area contributed by atoms with E-state index in [0.29, 0.717) is 5.82 Å². The third-order valence-corrected chi connectivity index (χ3v) is 6.58. The number of hydrogen-bond donors (Lipinski definition) is 3. The van der Waals surface area contributed by atoms with Crippen molar-refractivity contribution >= 4 is 20.2 Å². The lowest BCUT2D eigenvalue weighted by Gasteiger charge is -2.04. The maximum atomic E-state index is 10.4. The van der Waals surface area contributed by atoms with Crippen molar-refractivity contribution in [2.75, 3.05) is 0 Å². The van der Waals surface area contributed by atoms with Gasteiger partial charge in [-0.3, -0.25) is 9.11 Å². The molecule has 36 heavy (non-hydrogen) atoms. The molecular formula is C21H25N7O6S2. The number of imidazole rings is 1. The quantitative estimate of drug-likeness (QED) is 0.322. The van der Waals surface area contributed by atoms with Crippen LogP contribution in [0, 0.1) is 0 Å². The van der Waals surface area contributed by atoms with Crippen LogP contribution >= 0.6 is 0 Å². The maximum Gasteiger partial charge on any atom is 0.294 e. The molecule has 1 aliphatic heterocycles. The van der Waals surface area contributed by atoms with E-state index in [1.165, 1.54) is 34.8 Å². The molecule has 2 aromatic carbocycles. The molecule has 0 unspecified atom stereocenters. The van der Waals surface area contributed by atoms with Gasteiger partial charge in [0.2, 0.25) is 5.82 Å². The fourth-order valence-electron chi connectivity index (χ4n) is 3.24. The van der Waals surface area contributed by atoms with E-state index in [1.54, 1.807) is 43.4 Å². The van der Waals surface area contributed by atoms with Crippen LogP contribution in [0.4, 0.5) is 0 Å². The Kier molecular flexibility index (Phi) is 8.65. The van der Waals surface area contributed by atoms with Crippen LogP contribution in [0.3, 0.4) is 0 Å². The van der Waals surface area contributed by atoms with Gasteiger partial charge < -0.3 is 9.88 Å². The maximum absolute atomic E-state index is 10.4. The average molecular weight is 536 g/mol. The lowest BCUT2D eigenvalue weighted by molar-refractivity contribution is 0.481. The highest BCUT2D eigenvalue weighted by atomic mass is 32.2.